The van der Waals surface area contributed by atoms with Crippen LogP contribution in [0.2, 0.25) is 0 Å². The highest BCUT2D eigenvalue weighted by molar-refractivity contribution is 5.83. The Kier molecular flexibility index (Phi) is 5.49. The van der Waals surface area contributed by atoms with Crippen molar-refractivity contribution in [1.82, 2.24) is 5.32 Å². The first-order valence-corrected chi connectivity index (χ1v) is 5.86. The van der Waals surface area contributed by atoms with Crippen LogP contribution in [0.15, 0.2) is 24.3 Å². The fourth-order valence-electron chi connectivity index (χ4n) is 1.52. The number of nitrogens with two attached hydrogens (primary N) is 1. The second kappa shape index (κ2) is 6.91. The molecule has 0 saturated carbocycles. The van der Waals surface area contributed by atoms with Gasteiger partial charge in [-0.25, -0.2) is 0 Å². The average molecular weight is 236 g/mol. The number of nitrogens with one attached hydrogen (secondary N) is 1. The molecule has 3 N–H and O–H groups in total. The second-order valence-electron chi connectivity index (χ2n) is 3.88. The largest absolute Gasteiger partial charge is 0.399 e. The molecule has 0 fully saturated rings. The molecule has 1 amide bonds. The normalized spacial score (nSPS) is 12.1. The molecule has 0 radical (unpaired) electrons. The smallest absolute Gasteiger partial charge is 0.227 e. The van der Waals surface area contributed by atoms with Gasteiger partial charge in [0, 0.05) is 18.8 Å². The summed E-state index contributed by atoms with van der Waals surface area (Å²) in [6.07, 6.45) is 0. The van der Waals surface area contributed by atoms with Crippen molar-refractivity contribution in [3.8, 4) is 0 Å². The monoisotopic (exact) mass is 236 g/mol. The molecular weight excluding hydrogens is 216 g/mol. The van der Waals surface area contributed by atoms with E-state index < -0.39 is 0 Å². The quantitative estimate of drug-likeness (QED) is 0.581. The van der Waals surface area contributed by atoms with E-state index >= 15 is 0 Å². The van der Waals surface area contributed by atoms with E-state index in [1.54, 1.807) is 0 Å². The summed E-state index contributed by atoms with van der Waals surface area (Å²) in [4.78, 5) is 11.8. The number of hydrogen-bond donors (Lipinski definition) is 2. The molecule has 0 saturated heterocycles. The SMILES string of the molecule is CCOCCNC(=O)C(C)c1cccc(N)c1. The van der Waals surface area contributed by atoms with E-state index in [2.05, 4.69) is 5.32 Å². The number of rotatable bonds is 6. The van der Waals surface area contributed by atoms with Gasteiger partial charge < -0.3 is 15.8 Å². The molecule has 0 heterocycles. The van der Waals surface area contributed by atoms with Crippen LogP contribution in [0.5, 0.6) is 0 Å². The van der Waals surface area contributed by atoms with Gasteiger partial charge in [0.1, 0.15) is 0 Å². The summed E-state index contributed by atoms with van der Waals surface area (Å²) in [6, 6.07) is 7.40. The van der Waals surface area contributed by atoms with Crippen LogP contribution >= 0.6 is 0 Å². The molecular formula is C13H20N2O2. The number of carbonyl (C=O) groups excluding carboxylic acids is 1. The van der Waals surface area contributed by atoms with Crippen LogP contribution in [0.25, 0.3) is 0 Å². The summed E-state index contributed by atoms with van der Waals surface area (Å²) in [7, 11) is 0. The van der Waals surface area contributed by atoms with Crippen molar-refractivity contribution in [2.45, 2.75) is 19.8 Å². The molecule has 0 spiro atoms. The predicted molar refractivity (Wildman–Crippen MR) is 68.8 cm³/mol. The average Bonchev–Trinajstić information content (AvgIpc) is 2.33. The van der Waals surface area contributed by atoms with Crippen LogP contribution in [-0.2, 0) is 9.53 Å². The minimum Gasteiger partial charge on any atom is -0.399 e. The molecule has 94 valence electrons. The molecule has 4 nitrogen and oxygen atoms in total. The number of amides is 1. The first kappa shape index (κ1) is 13.5. The Balaban J connectivity index is 2.46. The van der Waals surface area contributed by atoms with Crippen LogP contribution in [0.3, 0.4) is 0 Å². The maximum atomic E-state index is 11.8. The first-order valence-electron chi connectivity index (χ1n) is 5.86. The van der Waals surface area contributed by atoms with E-state index in [0.29, 0.717) is 25.4 Å². The van der Waals surface area contributed by atoms with Gasteiger partial charge in [-0.3, -0.25) is 4.79 Å². The molecule has 0 aromatic heterocycles. The zero-order valence-corrected chi connectivity index (χ0v) is 10.4. The Morgan fingerprint density at radius 3 is 2.94 bits per heavy atom. The van der Waals surface area contributed by atoms with Gasteiger partial charge in [0.25, 0.3) is 0 Å². The van der Waals surface area contributed by atoms with Crippen molar-refractivity contribution in [3.05, 3.63) is 29.8 Å². The summed E-state index contributed by atoms with van der Waals surface area (Å²) in [5, 5.41) is 2.83. The van der Waals surface area contributed by atoms with Crippen molar-refractivity contribution in [1.29, 1.82) is 0 Å². The highest BCUT2D eigenvalue weighted by Crippen LogP contribution is 2.17. The van der Waals surface area contributed by atoms with Crippen molar-refractivity contribution in [3.63, 3.8) is 0 Å². The van der Waals surface area contributed by atoms with Crippen LogP contribution in [0, 0.1) is 0 Å². The molecule has 4 heteroatoms. The molecule has 0 aliphatic carbocycles. The lowest BCUT2D eigenvalue weighted by Crippen LogP contribution is -2.31. The zero-order valence-electron chi connectivity index (χ0n) is 10.4. The third-order valence-electron chi connectivity index (χ3n) is 2.55. The van der Waals surface area contributed by atoms with E-state index in [1.807, 2.05) is 38.1 Å². The van der Waals surface area contributed by atoms with Gasteiger partial charge >= 0.3 is 0 Å². The minimum absolute atomic E-state index is 0.00435. The van der Waals surface area contributed by atoms with E-state index in [-0.39, 0.29) is 11.8 Å². The lowest BCUT2D eigenvalue weighted by molar-refractivity contribution is -0.122. The highest BCUT2D eigenvalue weighted by atomic mass is 16.5. The lowest BCUT2D eigenvalue weighted by atomic mass is 10.00. The van der Waals surface area contributed by atoms with E-state index in [9.17, 15) is 4.79 Å². The van der Waals surface area contributed by atoms with Crippen LogP contribution in [0.1, 0.15) is 25.3 Å². The Bertz CT molecular complexity index is 366. The van der Waals surface area contributed by atoms with Crippen molar-refractivity contribution in [2.75, 3.05) is 25.5 Å². The van der Waals surface area contributed by atoms with Crippen molar-refractivity contribution in [2.24, 2.45) is 0 Å². The number of nitrogen functional groups attached to an aromatic ring is 1. The van der Waals surface area contributed by atoms with Crippen LogP contribution < -0.4 is 11.1 Å². The summed E-state index contributed by atoms with van der Waals surface area (Å²) >= 11 is 0. The number of anilines is 1. The number of hydrogen-bond acceptors (Lipinski definition) is 3. The van der Waals surface area contributed by atoms with Gasteiger partial charge in [0.2, 0.25) is 5.91 Å². The maximum Gasteiger partial charge on any atom is 0.227 e. The van der Waals surface area contributed by atoms with Crippen molar-refractivity contribution >= 4 is 11.6 Å². The standard InChI is InChI=1S/C13H20N2O2/c1-3-17-8-7-15-13(16)10(2)11-5-4-6-12(14)9-11/h4-6,9-10H,3,7-8,14H2,1-2H3,(H,15,16). The molecule has 0 aliphatic rings. The van der Waals surface area contributed by atoms with Crippen LogP contribution in [-0.4, -0.2) is 25.7 Å². The summed E-state index contributed by atoms with van der Waals surface area (Å²) in [6.45, 7) is 5.55. The van der Waals surface area contributed by atoms with Gasteiger partial charge in [0.05, 0.1) is 12.5 Å². The summed E-state index contributed by atoms with van der Waals surface area (Å²) in [5.41, 5.74) is 7.29. The molecule has 0 aliphatic heterocycles. The fraction of sp³-hybridized carbons (Fsp3) is 0.462. The van der Waals surface area contributed by atoms with Crippen molar-refractivity contribution < 1.29 is 9.53 Å². The number of carbonyl (C=O) groups is 1. The molecule has 0 bridgehead atoms. The third kappa shape index (κ3) is 4.44. The Hall–Kier alpha value is -1.55. The van der Waals surface area contributed by atoms with Gasteiger partial charge in [0.15, 0.2) is 0 Å². The number of benzene rings is 1. The summed E-state index contributed by atoms with van der Waals surface area (Å²) in [5.74, 6) is -0.199. The topological polar surface area (TPSA) is 64.3 Å². The van der Waals surface area contributed by atoms with Gasteiger partial charge in [-0.15, -0.1) is 0 Å². The predicted octanol–water partition coefficient (Wildman–Crippen LogP) is 1.52. The lowest BCUT2D eigenvalue weighted by Gasteiger charge is -2.13. The van der Waals surface area contributed by atoms with E-state index in [4.69, 9.17) is 10.5 Å². The molecule has 1 rings (SSSR count). The molecule has 1 aromatic rings. The molecule has 1 atom stereocenters. The maximum absolute atomic E-state index is 11.8. The minimum atomic E-state index is -0.194. The Morgan fingerprint density at radius 1 is 1.53 bits per heavy atom. The highest BCUT2D eigenvalue weighted by Gasteiger charge is 2.14. The fourth-order valence-corrected chi connectivity index (χ4v) is 1.52. The zero-order chi connectivity index (χ0) is 12.7. The van der Waals surface area contributed by atoms with Crippen LogP contribution in [0.4, 0.5) is 5.69 Å². The summed E-state index contributed by atoms with van der Waals surface area (Å²) < 4.78 is 5.15. The second-order valence-corrected chi connectivity index (χ2v) is 3.88. The first-order chi connectivity index (χ1) is 8.15. The number of ether oxygens (including phenoxy) is 1. The van der Waals surface area contributed by atoms with Gasteiger partial charge in [-0.05, 0) is 31.5 Å². The van der Waals surface area contributed by atoms with E-state index in [0.717, 1.165) is 5.56 Å². The van der Waals surface area contributed by atoms with Gasteiger partial charge in [-0.1, -0.05) is 12.1 Å². The van der Waals surface area contributed by atoms with Gasteiger partial charge in [-0.2, -0.15) is 0 Å². The molecule has 1 unspecified atom stereocenters. The molecule has 1 aromatic carbocycles. The Morgan fingerprint density at radius 2 is 2.29 bits per heavy atom. The Labute approximate surface area is 102 Å². The molecule has 17 heavy (non-hydrogen) atoms. The third-order valence-corrected chi connectivity index (χ3v) is 2.55. The van der Waals surface area contributed by atoms with E-state index in [1.165, 1.54) is 0 Å².